The van der Waals surface area contributed by atoms with Gasteiger partial charge < -0.3 is 24.8 Å². The first-order valence-corrected chi connectivity index (χ1v) is 8.72. The van der Waals surface area contributed by atoms with Crippen LogP contribution in [-0.2, 0) is 5.41 Å². The van der Waals surface area contributed by atoms with Gasteiger partial charge in [-0.05, 0) is 12.5 Å². The summed E-state index contributed by atoms with van der Waals surface area (Å²) >= 11 is 0. The summed E-state index contributed by atoms with van der Waals surface area (Å²) in [5.41, 5.74) is 2.74. The highest BCUT2D eigenvalue weighted by molar-refractivity contribution is 5.90. The molecule has 0 aromatic heterocycles. The Morgan fingerprint density at radius 3 is 2.00 bits per heavy atom. The fraction of sp³-hybridized carbons (Fsp3) is 0.381. The Morgan fingerprint density at radius 2 is 1.52 bits per heavy atom. The van der Waals surface area contributed by atoms with Crippen LogP contribution in [0.1, 0.15) is 25.0 Å². The maximum atomic E-state index is 12.4. The lowest BCUT2D eigenvalue weighted by atomic mass is 9.84. The summed E-state index contributed by atoms with van der Waals surface area (Å²) in [5.74, 6) is 1.44. The van der Waals surface area contributed by atoms with Crippen molar-refractivity contribution in [3.05, 3.63) is 47.5 Å². The quantitative estimate of drug-likeness (QED) is 0.767. The highest BCUT2D eigenvalue weighted by atomic mass is 16.5. The van der Waals surface area contributed by atoms with E-state index in [1.165, 1.54) is 32.5 Å². The number of ether oxygens (including phenoxy) is 3. The number of carbonyl (C=O) groups is 1. The predicted molar refractivity (Wildman–Crippen MR) is 107 cm³/mol. The van der Waals surface area contributed by atoms with Gasteiger partial charge in [0.2, 0.25) is 5.75 Å². The minimum absolute atomic E-state index is 0.194. The lowest BCUT2D eigenvalue weighted by Crippen LogP contribution is -2.39. The number of rotatable bonds is 7. The van der Waals surface area contributed by atoms with Crippen LogP contribution < -0.4 is 24.8 Å². The van der Waals surface area contributed by atoms with Crippen LogP contribution in [0.3, 0.4) is 0 Å². The molecule has 2 rings (SSSR count). The van der Waals surface area contributed by atoms with Crippen molar-refractivity contribution in [3.8, 4) is 17.2 Å². The lowest BCUT2D eigenvalue weighted by Gasteiger charge is -2.26. The molecule has 0 aliphatic rings. The van der Waals surface area contributed by atoms with E-state index >= 15 is 0 Å². The zero-order chi connectivity index (χ0) is 20.0. The van der Waals surface area contributed by atoms with E-state index < -0.39 is 0 Å². The number of nitrogens with one attached hydrogen (secondary N) is 2. The van der Waals surface area contributed by atoms with Gasteiger partial charge in [-0.25, -0.2) is 4.79 Å². The van der Waals surface area contributed by atoms with Gasteiger partial charge in [-0.2, -0.15) is 0 Å². The van der Waals surface area contributed by atoms with Gasteiger partial charge in [0.05, 0.1) is 27.0 Å². The number of amides is 2. The average Bonchev–Trinajstić information content (AvgIpc) is 2.66. The van der Waals surface area contributed by atoms with Gasteiger partial charge in [0.15, 0.2) is 11.5 Å². The molecule has 0 atom stereocenters. The first-order valence-electron chi connectivity index (χ1n) is 8.72. The fourth-order valence-corrected chi connectivity index (χ4v) is 2.74. The van der Waals surface area contributed by atoms with Crippen LogP contribution in [0.25, 0.3) is 0 Å². The van der Waals surface area contributed by atoms with Crippen LogP contribution in [0.15, 0.2) is 36.4 Å². The maximum Gasteiger partial charge on any atom is 0.319 e. The molecular formula is C21H28N2O4. The zero-order valence-electron chi connectivity index (χ0n) is 16.8. The topological polar surface area (TPSA) is 68.8 Å². The number of urea groups is 1. The monoisotopic (exact) mass is 372 g/mol. The standard InChI is InChI=1S/C21H28N2O4/c1-14-7-9-15(10-8-14)21(2,3)13-22-20(24)23-16-11-17(25-4)19(27-6)18(12-16)26-5/h7-12H,13H2,1-6H3,(H2,22,23,24). The number of carbonyl (C=O) groups excluding carboxylic acids is 1. The van der Waals surface area contributed by atoms with E-state index in [-0.39, 0.29) is 11.4 Å². The first kappa shape index (κ1) is 20.4. The van der Waals surface area contributed by atoms with Crippen molar-refractivity contribution < 1.29 is 19.0 Å². The third-order valence-corrected chi connectivity index (χ3v) is 4.45. The molecule has 0 saturated carbocycles. The third kappa shape index (κ3) is 5.06. The Morgan fingerprint density at radius 1 is 0.963 bits per heavy atom. The Labute approximate surface area is 160 Å². The van der Waals surface area contributed by atoms with Crippen LogP contribution >= 0.6 is 0 Å². The Hall–Kier alpha value is -2.89. The minimum Gasteiger partial charge on any atom is -0.493 e. The summed E-state index contributed by atoms with van der Waals surface area (Å²) in [5, 5.41) is 5.74. The van der Waals surface area contributed by atoms with E-state index in [1.807, 2.05) is 0 Å². The van der Waals surface area contributed by atoms with E-state index in [4.69, 9.17) is 14.2 Å². The molecule has 0 aliphatic heterocycles. The summed E-state index contributed by atoms with van der Waals surface area (Å²) in [6.07, 6.45) is 0. The largest absolute Gasteiger partial charge is 0.493 e. The normalized spacial score (nSPS) is 10.9. The summed E-state index contributed by atoms with van der Waals surface area (Å²) in [7, 11) is 4.60. The van der Waals surface area contributed by atoms with E-state index in [9.17, 15) is 4.79 Å². The van der Waals surface area contributed by atoms with Crippen molar-refractivity contribution in [2.45, 2.75) is 26.2 Å². The molecular weight excluding hydrogens is 344 g/mol. The molecule has 0 spiro atoms. The summed E-state index contributed by atoms with van der Waals surface area (Å²) < 4.78 is 15.9. The van der Waals surface area contributed by atoms with E-state index in [2.05, 4.69) is 55.7 Å². The van der Waals surface area contributed by atoms with Gasteiger partial charge >= 0.3 is 6.03 Å². The molecule has 6 heteroatoms. The highest BCUT2D eigenvalue weighted by Gasteiger charge is 2.21. The molecule has 146 valence electrons. The molecule has 0 saturated heterocycles. The van der Waals surface area contributed by atoms with Crippen LogP contribution in [-0.4, -0.2) is 33.9 Å². The van der Waals surface area contributed by atoms with E-state index in [1.54, 1.807) is 12.1 Å². The van der Waals surface area contributed by atoms with Gasteiger partial charge in [-0.1, -0.05) is 43.7 Å². The second-order valence-corrected chi connectivity index (χ2v) is 6.97. The molecule has 0 radical (unpaired) electrons. The predicted octanol–water partition coefficient (Wildman–Crippen LogP) is 4.12. The number of methoxy groups -OCH3 is 3. The fourth-order valence-electron chi connectivity index (χ4n) is 2.74. The van der Waals surface area contributed by atoms with Gasteiger partial charge in [0.1, 0.15) is 0 Å². The van der Waals surface area contributed by atoms with E-state index in [0.29, 0.717) is 29.5 Å². The summed E-state index contributed by atoms with van der Waals surface area (Å²) in [6, 6.07) is 11.4. The van der Waals surface area contributed by atoms with Gasteiger partial charge in [-0.15, -0.1) is 0 Å². The summed E-state index contributed by atoms with van der Waals surface area (Å²) in [6.45, 7) is 6.74. The Kier molecular flexibility index (Phi) is 6.55. The Bertz CT molecular complexity index is 760. The van der Waals surface area contributed by atoms with E-state index in [0.717, 1.165) is 0 Å². The number of hydrogen-bond donors (Lipinski definition) is 2. The second kappa shape index (κ2) is 8.66. The van der Waals surface area contributed by atoms with Gasteiger partial charge in [0, 0.05) is 24.1 Å². The van der Waals surface area contributed by atoms with Crippen molar-refractivity contribution >= 4 is 11.7 Å². The average molecular weight is 372 g/mol. The Balaban J connectivity index is 2.06. The molecule has 2 amide bonds. The van der Waals surface area contributed by atoms with Crippen molar-refractivity contribution in [2.75, 3.05) is 33.2 Å². The molecule has 0 aliphatic carbocycles. The van der Waals surface area contributed by atoms with Gasteiger partial charge in [0.25, 0.3) is 0 Å². The van der Waals surface area contributed by atoms with Crippen molar-refractivity contribution in [1.29, 1.82) is 0 Å². The van der Waals surface area contributed by atoms with Crippen molar-refractivity contribution in [1.82, 2.24) is 5.32 Å². The van der Waals surface area contributed by atoms with Crippen molar-refractivity contribution in [2.24, 2.45) is 0 Å². The molecule has 2 N–H and O–H groups in total. The highest BCUT2D eigenvalue weighted by Crippen LogP contribution is 2.39. The zero-order valence-corrected chi connectivity index (χ0v) is 16.8. The molecule has 0 heterocycles. The number of anilines is 1. The molecule has 0 unspecified atom stereocenters. The smallest absolute Gasteiger partial charge is 0.319 e. The molecule has 6 nitrogen and oxygen atoms in total. The van der Waals surface area contributed by atoms with Crippen LogP contribution in [0.5, 0.6) is 17.2 Å². The SMILES string of the molecule is COc1cc(NC(=O)NCC(C)(C)c2ccc(C)cc2)cc(OC)c1OC. The third-order valence-electron chi connectivity index (χ3n) is 4.45. The lowest BCUT2D eigenvalue weighted by molar-refractivity contribution is 0.249. The molecule has 0 fully saturated rings. The van der Waals surface area contributed by atoms with Crippen LogP contribution in [0.2, 0.25) is 0 Å². The number of aryl methyl sites for hydroxylation is 1. The first-order chi connectivity index (χ1) is 12.8. The number of hydrogen-bond acceptors (Lipinski definition) is 4. The minimum atomic E-state index is -0.301. The maximum absolute atomic E-state index is 12.4. The van der Waals surface area contributed by atoms with Crippen molar-refractivity contribution in [3.63, 3.8) is 0 Å². The summed E-state index contributed by atoms with van der Waals surface area (Å²) in [4.78, 5) is 12.4. The molecule has 27 heavy (non-hydrogen) atoms. The van der Waals surface area contributed by atoms with Crippen LogP contribution in [0, 0.1) is 6.92 Å². The van der Waals surface area contributed by atoms with Gasteiger partial charge in [-0.3, -0.25) is 0 Å². The number of benzene rings is 2. The van der Waals surface area contributed by atoms with Crippen LogP contribution in [0.4, 0.5) is 10.5 Å². The molecule has 2 aromatic carbocycles. The molecule has 0 bridgehead atoms. The molecule has 2 aromatic rings. The second-order valence-electron chi connectivity index (χ2n) is 6.97.